The van der Waals surface area contributed by atoms with Crippen molar-refractivity contribution in [3.05, 3.63) is 48.4 Å². The van der Waals surface area contributed by atoms with Crippen LogP contribution in [-0.2, 0) is 0 Å². The van der Waals surface area contributed by atoms with Crippen molar-refractivity contribution in [2.75, 3.05) is 10.6 Å². The first-order chi connectivity index (χ1) is 11.6. The molecule has 0 amide bonds. The minimum atomic E-state index is 0.152. The number of hydrogen-bond acceptors (Lipinski definition) is 7. The second-order valence-corrected chi connectivity index (χ2v) is 5.53. The van der Waals surface area contributed by atoms with Gasteiger partial charge in [-0.15, -0.1) is 0 Å². The van der Waals surface area contributed by atoms with Gasteiger partial charge in [0.05, 0.1) is 6.10 Å². The molecule has 24 heavy (non-hydrogen) atoms. The van der Waals surface area contributed by atoms with Gasteiger partial charge in [-0.1, -0.05) is 5.16 Å². The molecule has 1 aromatic carbocycles. The third-order valence-corrected chi connectivity index (χ3v) is 3.02. The Morgan fingerprint density at radius 3 is 2.50 bits per heavy atom. The fraction of sp³-hybridized carbons (Fsp3) is 0.235. The molecule has 0 atom stereocenters. The van der Waals surface area contributed by atoms with Crippen LogP contribution in [0.4, 0.5) is 23.3 Å². The van der Waals surface area contributed by atoms with Gasteiger partial charge in [0.2, 0.25) is 5.95 Å². The lowest BCUT2D eigenvalue weighted by Gasteiger charge is -2.11. The Balaban J connectivity index is 1.67. The highest BCUT2D eigenvalue weighted by Crippen LogP contribution is 2.21. The van der Waals surface area contributed by atoms with E-state index in [1.165, 1.54) is 0 Å². The van der Waals surface area contributed by atoms with E-state index in [0.717, 1.165) is 17.2 Å². The van der Waals surface area contributed by atoms with Crippen LogP contribution in [0.25, 0.3) is 0 Å². The van der Waals surface area contributed by atoms with Crippen molar-refractivity contribution in [1.29, 1.82) is 0 Å². The van der Waals surface area contributed by atoms with Crippen molar-refractivity contribution in [1.82, 2.24) is 15.1 Å². The predicted molar refractivity (Wildman–Crippen MR) is 92.0 cm³/mol. The number of anilines is 4. The van der Waals surface area contributed by atoms with Gasteiger partial charge in [-0.3, -0.25) is 0 Å². The second kappa shape index (κ2) is 6.99. The van der Waals surface area contributed by atoms with Crippen LogP contribution in [-0.4, -0.2) is 21.2 Å². The summed E-state index contributed by atoms with van der Waals surface area (Å²) in [4.78, 5) is 8.57. The lowest BCUT2D eigenvalue weighted by atomic mass is 10.3. The van der Waals surface area contributed by atoms with Gasteiger partial charge in [-0.25, -0.2) is 4.98 Å². The van der Waals surface area contributed by atoms with Crippen molar-refractivity contribution in [2.24, 2.45) is 0 Å². The van der Waals surface area contributed by atoms with Gasteiger partial charge in [-0.05, 0) is 51.1 Å². The third kappa shape index (κ3) is 4.22. The molecule has 0 radical (unpaired) electrons. The average molecular weight is 325 g/mol. The fourth-order valence-electron chi connectivity index (χ4n) is 2.07. The van der Waals surface area contributed by atoms with Crippen LogP contribution in [0.15, 0.2) is 47.1 Å². The van der Waals surface area contributed by atoms with Crippen molar-refractivity contribution in [2.45, 2.75) is 26.9 Å². The summed E-state index contributed by atoms with van der Waals surface area (Å²) in [6.07, 6.45) is 1.82. The number of aromatic nitrogens is 3. The van der Waals surface area contributed by atoms with Crippen molar-refractivity contribution < 1.29 is 9.26 Å². The summed E-state index contributed by atoms with van der Waals surface area (Å²) in [7, 11) is 0. The molecule has 0 saturated heterocycles. The van der Waals surface area contributed by atoms with E-state index in [2.05, 4.69) is 25.8 Å². The second-order valence-electron chi connectivity index (χ2n) is 5.53. The summed E-state index contributed by atoms with van der Waals surface area (Å²) in [5, 5.41) is 10.1. The summed E-state index contributed by atoms with van der Waals surface area (Å²) in [5.41, 5.74) is 0.910. The summed E-state index contributed by atoms with van der Waals surface area (Å²) in [6.45, 7) is 5.82. The largest absolute Gasteiger partial charge is 0.491 e. The minimum Gasteiger partial charge on any atom is -0.491 e. The van der Waals surface area contributed by atoms with E-state index in [-0.39, 0.29) is 6.10 Å². The zero-order valence-electron chi connectivity index (χ0n) is 13.8. The highest BCUT2D eigenvalue weighted by Gasteiger charge is 2.05. The Morgan fingerprint density at radius 2 is 1.83 bits per heavy atom. The molecule has 7 heteroatoms. The number of rotatable bonds is 6. The first-order valence-electron chi connectivity index (χ1n) is 7.65. The number of benzene rings is 1. The molecule has 0 aliphatic rings. The number of aryl methyl sites for hydroxylation is 1. The molecule has 124 valence electrons. The molecule has 0 aliphatic carbocycles. The van der Waals surface area contributed by atoms with E-state index in [1.807, 2.05) is 45.0 Å². The smallest absolute Gasteiger partial charge is 0.230 e. The minimum absolute atomic E-state index is 0.152. The van der Waals surface area contributed by atoms with Crippen LogP contribution in [0.2, 0.25) is 0 Å². The van der Waals surface area contributed by atoms with Crippen LogP contribution in [0.3, 0.4) is 0 Å². The first-order valence-corrected chi connectivity index (χ1v) is 7.65. The Labute approximate surface area is 140 Å². The molecule has 2 N–H and O–H groups in total. The summed E-state index contributed by atoms with van der Waals surface area (Å²) >= 11 is 0. The molecule has 0 bridgehead atoms. The van der Waals surface area contributed by atoms with Gasteiger partial charge < -0.3 is 19.9 Å². The van der Waals surface area contributed by atoms with E-state index in [4.69, 9.17) is 9.26 Å². The van der Waals surface area contributed by atoms with Crippen LogP contribution >= 0.6 is 0 Å². The molecule has 3 rings (SSSR count). The van der Waals surface area contributed by atoms with Crippen molar-refractivity contribution in [3.63, 3.8) is 0 Å². The van der Waals surface area contributed by atoms with Crippen molar-refractivity contribution >= 4 is 23.3 Å². The summed E-state index contributed by atoms with van der Waals surface area (Å²) in [6, 6.07) is 11.3. The molecule has 0 aliphatic heterocycles. The van der Waals surface area contributed by atoms with E-state index >= 15 is 0 Å². The Kier molecular flexibility index (Phi) is 4.60. The van der Waals surface area contributed by atoms with Gasteiger partial charge in [0, 0.05) is 18.0 Å². The SMILES string of the molecule is Cc1cc(Nc2nccc(Nc3ccc(OC(C)C)cc3)n2)no1. The molecule has 0 unspecified atom stereocenters. The Bertz CT molecular complexity index is 799. The van der Waals surface area contributed by atoms with Gasteiger partial charge in [0.1, 0.15) is 17.3 Å². The van der Waals surface area contributed by atoms with E-state index < -0.39 is 0 Å². The average Bonchev–Trinajstić information content (AvgIpc) is 2.94. The molecule has 2 heterocycles. The number of nitrogens with one attached hydrogen (secondary N) is 2. The predicted octanol–water partition coefficient (Wildman–Crippen LogP) is 4.05. The van der Waals surface area contributed by atoms with E-state index in [9.17, 15) is 0 Å². The molecule has 0 spiro atoms. The zero-order valence-corrected chi connectivity index (χ0v) is 13.8. The monoisotopic (exact) mass is 325 g/mol. The van der Waals surface area contributed by atoms with Crippen LogP contribution in [0.1, 0.15) is 19.6 Å². The molecular weight excluding hydrogens is 306 g/mol. The first kappa shape index (κ1) is 15.8. The normalized spacial score (nSPS) is 10.7. The Hall–Kier alpha value is -3.09. The highest BCUT2D eigenvalue weighted by atomic mass is 16.5. The van der Waals surface area contributed by atoms with E-state index in [1.54, 1.807) is 18.3 Å². The van der Waals surface area contributed by atoms with Crippen LogP contribution in [0.5, 0.6) is 5.75 Å². The summed E-state index contributed by atoms with van der Waals surface area (Å²) < 4.78 is 10.6. The summed E-state index contributed by atoms with van der Waals surface area (Å²) in [5.74, 6) is 3.23. The number of ether oxygens (including phenoxy) is 1. The maximum atomic E-state index is 5.63. The lowest BCUT2D eigenvalue weighted by Crippen LogP contribution is -2.05. The topological polar surface area (TPSA) is 85.1 Å². The van der Waals surface area contributed by atoms with E-state index in [0.29, 0.717) is 17.6 Å². The maximum absolute atomic E-state index is 5.63. The fourth-order valence-corrected chi connectivity index (χ4v) is 2.07. The van der Waals surface area contributed by atoms with Crippen LogP contribution < -0.4 is 15.4 Å². The molecule has 7 nitrogen and oxygen atoms in total. The number of nitrogens with zero attached hydrogens (tertiary/aromatic N) is 3. The molecule has 2 aromatic heterocycles. The lowest BCUT2D eigenvalue weighted by molar-refractivity contribution is 0.242. The zero-order chi connectivity index (χ0) is 16.9. The molecule has 0 fully saturated rings. The van der Waals surface area contributed by atoms with Crippen LogP contribution in [0, 0.1) is 6.92 Å². The molecular formula is C17H19N5O2. The maximum Gasteiger partial charge on any atom is 0.230 e. The molecule has 0 saturated carbocycles. The van der Waals surface area contributed by atoms with Gasteiger partial charge in [0.15, 0.2) is 5.82 Å². The van der Waals surface area contributed by atoms with Crippen molar-refractivity contribution in [3.8, 4) is 5.75 Å². The Morgan fingerprint density at radius 1 is 1.04 bits per heavy atom. The quantitative estimate of drug-likeness (QED) is 0.707. The standard InChI is InChI=1S/C17H19N5O2/c1-11(2)23-14-6-4-13(5-7-14)19-15-8-9-18-17(20-15)21-16-10-12(3)24-22-16/h4-11H,1-3H3,(H2,18,19,20,21,22). The number of hydrogen-bond donors (Lipinski definition) is 2. The van der Waals surface area contributed by atoms with Gasteiger partial charge in [0.25, 0.3) is 0 Å². The van der Waals surface area contributed by atoms with Gasteiger partial charge in [-0.2, -0.15) is 4.98 Å². The third-order valence-electron chi connectivity index (χ3n) is 3.02. The molecule has 3 aromatic rings. The van der Waals surface area contributed by atoms with Gasteiger partial charge >= 0.3 is 0 Å². The highest BCUT2D eigenvalue weighted by molar-refractivity contribution is 5.59.